The number of rotatable bonds is 7. The molecule has 4 rings (SSSR count). The second-order valence-electron chi connectivity index (χ2n) is 11.1. The van der Waals surface area contributed by atoms with Gasteiger partial charge in [-0.1, -0.05) is 82.3 Å². The number of para-hydroxylation sites is 3. The van der Waals surface area contributed by atoms with Crippen molar-refractivity contribution in [2.75, 3.05) is 28.7 Å². The lowest BCUT2D eigenvalue weighted by Crippen LogP contribution is -3.08. The van der Waals surface area contributed by atoms with Gasteiger partial charge < -0.3 is 23.0 Å². The number of aryl methyl sites for hydroxylation is 4. The van der Waals surface area contributed by atoms with Crippen LogP contribution in [0.5, 0.6) is 0 Å². The van der Waals surface area contributed by atoms with Gasteiger partial charge in [-0.2, -0.15) is 5.01 Å². The van der Waals surface area contributed by atoms with E-state index in [1.165, 1.54) is 22.3 Å². The molecule has 3 aromatic rings. The van der Waals surface area contributed by atoms with E-state index in [2.05, 4.69) is 126 Å². The summed E-state index contributed by atoms with van der Waals surface area (Å²) in [6.45, 7) is 17.9. The van der Waals surface area contributed by atoms with Crippen molar-refractivity contribution in [3.8, 4) is 0 Å². The second kappa shape index (κ2) is 12.7. The number of halogens is 1. The minimum Gasteiger partial charge on any atom is -1.00 e. The molecule has 0 radical (unpaired) electrons. The summed E-state index contributed by atoms with van der Waals surface area (Å²) in [5.74, 6) is 1.35. The average Bonchev–Trinajstić information content (AvgIpc) is 3.22. The van der Waals surface area contributed by atoms with Crippen molar-refractivity contribution in [1.29, 1.82) is 0 Å². The molecule has 1 aliphatic rings. The quantitative estimate of drug-likeness (QED) is 0.426. The maximum Gasteiger partial charge on any atom is 0.282 e. The number of hydrogen-bond donors (Lipinski definition) is 3. The Morgan fingerprint density at radius 3 is 1.82 bits per heavy atom. The van der Waals surface area contributed by atoms with Crippen LogP contribution in [0.3, 0.4) is 0 Å². The Bertz CT molecular complexity index is 1300. The monoisotopic (exact) mass is 547 g/mol. The maximum atomic E-state index is 13.4. The maximum absolute atomic E-state index is 13.4. The fourth-order valence-corrected chi connectivity index (χ4v) is 5.30. The normalized spacial score (nSPS) is 14.9. The molecule has 208 valence electrons. The molecule has 0 saturated heterocycles. The number of nitrogens with one attached hydrogen (secondary N) is 3. The Hall–Kier alpha value is -3.35. The molecular weight excluding hydrogens is 506 g/mol. The zero-order valence-electron chi connectivity index (χ0n) is 24.4. The molecule has 1 atom stereocenters. The van der Waals surface area contributed by atoms with E-state index in [0.29, 0.717) is 18.5 Å². The first-order valence-electron chi connectivity index (χ1n) is 13.6. The molecule has 3 aromatic carbocycles. The summed E-state index contributed by atoms with van der Waals surface area (Å²) in [5, 5.41) is 12.7. The molecule has 3 N–H and O–H groups in total. The number of amides is 1. The molecule has 0 spiro atoms. The number of carbonyl (C=O) groups excluding carboxylic acids is 1. The fourth-order valence-electron chi connectivity index (χ4n) is 5.30. The van der Waals surface area contributed by atoms with Gasteiger partial charge in [0.1, 0.15) is 0 Å². The first-order chi connectivity index (χ1) is 18.1. The number of quaternary nitrogens is 1. The van der Waals surface area contributed by atoms with E-state index in [0.717, 1.165) is 39.2 Å². The minimum atomic E-state index is -0.0338. The van der Waals surface area contributed by atoms with Crippen LogP contribution in [-0.2, 0) is 4.79 Å². The van der Waals surface area contributed by atoms with Gasteiger partial charge in [0.2, 0.25) is 0 Å². The van der Waals surface area contributed by atoms with Crippen molar-refractivity contribution in [2.24, 2.45) is 5.10 Å². The van der Waals surface area contributed by atoms with Crippen LogP contribution in [0, 0.1) is 27.7 Å². The Morgan fingerprint density at radius 1 is 0.821 bits per heavy atom. The van der Waals surface area contributed by atoms with E-state index in [1.807, 2.05) is 0 Å². The minimum absolute atomic E-state index is 0. The summed E-state index contributed by atoms with van der Waals surface area (Å²) >= 11 is 0. The van der Waals surface area contributed by atoms with Crippen molar-refractivity contribution < 1.29 is 22.2 Å². The zero-order valence-corrected chi connectivity index (χ0v) is 25.2. The van der Waals surface area contributed by atoms with Gasteiger partial charge in [-0.3, -0.25) is 9.69 Å². The van der Waals surface area contributed by atoms with Crippen LogP contribution in [0.25, 0.3) is 0 Å². The molecule has 0 saturated carbocycles. The molecule has 0 fully saturated rings. The number of guanidine groups is 1. The summed E-state index contributed by atoms with van der Waals surface area (Å²) in [7, 11) is 0. The summed E-state index contributed by atoms with van der Waals surface area (Å²) in [5.41, 5.74) is 10.1. The van der Waals surface area contributed by atoms with E-state index in [9.17, 15) is 4.79 Å². The van der Waals surface area contributed by atoms with E-state index < -0.39 is 0 Å². The Morgan fingerprint density at radius 2 is 1.31 bits per heavy atom. The van der Waals surface area contributed by atoms with Crippen molar-refractivity contribution in [3.05, 3.63) is 88.0 Å². The predicted octanol–water partition coefficient (Wildman–Crippen LogP) is 2.86. The SMILES string of the molecule is Cc1cccc(C)c1NC1=N[NH+](CC(=O)Nc2c(C(C)C)cccc2C(C)C)CN1c1c(C)cccc1C.[Cl-]. The third kappa shape index (κ3) is 6.63. The summed E-state index contributed by atoms with van der Waals surface area (Å²) < 4.78 is 0. The van der Waals surface area contributed by atoms with Gasteiger partial charge in [-0.15, -0.1) is 0 Å². The van der Waals surface area contributed by atoms with Gasteiger partial charge in [0.05, 0.1) is 5.69 Å². The topological polar surface area (TPSA) is 61.2 Å². The highest BCUT2D eigenvalue weighted by molar-refractivity contribution is 6.07. The molecule has 39 heavy (non-hydrogen) atoms. The van der Waals surface area contributed by atoms with Gasteiger partial charge >= 0.3 is 0 Å². The lowest BCUT2D eigenvalue weighted by Gasteiger charge is -2.23. The van der Waals surface area contributed by atoms with Gasteiger partial charge in [0, 0.05) is 11.4 Å². The summed E-state index contributed by atoms with van der Waals surface area (Å²) in [6.07, 6.45) is 0. The molecule has 1 amide bonds. The highest BCUT2D eigenvalue weighted by atomic mass is 35.5. The Kier molecular flexibility index (Phi) is 9.81. The van der Waals surface area contributed by atoms with Gasteiger partial charge in [-0.05, 0) is 78.0 Å². The number of nitrogens with zero attached hydrogens (tertiary/aromatic N) is 2. The Labute approximate surface area is 239 Å². The first kappa shape index (κ1) is 30.2. The third-order valence-electron chi connectivity index (χ3n) is 7.29. The third-order valence-corrected chi connectivity index (χ3v) is 7.29. The molecular formula is C32H42ClN5O. The summed E-state index contributed by atoms with van der Waals surface area (Å²) in [4.78, 5) is 15.6. The average molecular weight is 548 g/mol. The molecule has 0 bridgehead atoms. The molecule has 0 aromatic heterocycles. The first-order valence-corrected chi connectivity index (χ1v) is 13.6. The second-order valence-corrected chi connectivity index (χ2v) is 11.1. The lowest BCUT2D eigenvalue weighted by molar-refractivity contribution is -0.892. The smallest absolute Gasteiger partial charge is 0.282 e. The molecule has 1 heterocycles. The van der Waals surface area contributed by atoms with Crippen molar-refractivity contribution >= 4 is 28.9 Å². The summed E-state index contributed by atoms with van der Waals surface area (Å²) in [6, 6.07) is 18.9. The number of hydrogen-bond acceptors (Lipinski definition) is 4. The molecule has 1 aliphatic heterocycles. The van der Waals surface area contributed by atoms with Gasteiger partial charge in [-0.25, -0.2) is 0 Å². The van der Waals surface area contributed by atoms with Crippen LogP contribution in [0.2, 0.25) is 0 Å². The molecule has 7 heteroatoms. The number of carbonyl (C=O) groups is 1. The largest absolute Gasteiger partial charge is 1.00 e. The van der Waals surface area contributed by atoms with E-state index >= 15 is 0 Å². The zero-order chi connectivity index (χ0) is 27.6. The van der Waals surface area contributed by atoms with Crippen LogP contribution in [0.4, 0.5) is 17.1 Å². The molecule has 6 nitrogen and oxygen atoms in total. The van der Waals surface area contributed by atoms with Crippen LogP contribution in [0.1, 0.15) is 72.9 Å². The number of anilines is 3. The number of benzene rings is 3. The standard InChI is InChI=1S/C32H41N5O.ClH/c1-20(2)26-16-11-17-27(21(3)4)30(26)33-28(38)18-36-19-37(31-24(7)14-10-15-25(31)8)32(35-36)34-29-22(5)12-9-13-23(29)6;/h9-17,20-21H,18-19H2,1-8H3,(H,33,38)(H,34,35);1H. The van der Waals surface area contributed by atoms with Crippen molar-refractivity contribution in [3.63, 3.8) is 0 Å². The molecule has 0 aliphatic carbocycles. The van der Waals surface area contributed by atoms with Gasteiger partial charge in [0.25, 0.3) is 11.9 Å². The molecule has 1 unspecified atom stereocenters. The van der Waals surface area contributed by atoms with Crippen molar-refractivity contribution in [2.45, 2.75) is 67.2 Å². The fraction of sp³-hybridized carbons (Fsp3) is 0.375. The Balaban J connectivity index is 0.00000420. The van der Waals surface area contributed by atoms with Crippen LogP contribution in [-0.4, -0.2) is 25.1 Å². The van der Waals surface area contributed by atoms with Crippen molar-refractivity contribution in [1.82, 2.24) is 0 Å². The van der Waals surface area contributed by atoms with Crippen LogP contribution in [0.15, 0.2) is 59.7 Å². The van der Waals surface area contributed by atoms with E-state index in [1.54, 1.807) is 0 Å². The van der Waals surface area contributed by atoms with Crippen LogP contribution < -0.4 is 32.9 Å². The van der Waals surface area contributed by atoms with E-state index in [4.69, 9.17) is 5.10 Å². The lowest BCUT2D eigenvalue weighted by atomic mass is 9.92. The van der Waals surface area contributed by atoms with E-state index in [-0.39, 0.29) is 24.9 Å². The van der Waals surface area contributed by atoms with Gasteiger partial charge in [0.15, 0.2) is 13.2 Å². The predicted molar refractivity (Wildman–Crippen MR) is 159 cm³/mol. The van der Waals surface area contributed by atoms with Crippen LogP contribution >= 0.6 is 0 Å². The highest BCUT2D eigenvalue weighted by Gasteiger charge is 2.33. The highest BCUT2D eigenvalue weighted by Crippen LogP contribution is 2.32.